The van der Waals surface area contributed by atoms with Gasteiger partial charge in [0.2, 0.25) is 0 Å². The third-order valence-corrected chi connectivity index (χ3v) is 0.858. The van der Waals surface area contributed by atoms with Crippen molar-refractivity contribution in [3.05, 3.63) is 6.61 Å². The topological polar surface area (TPSA) is 9.23 Å². The van der Waals surface area contributed by atoms with E-state index >= 15 is 0 Å². The fourth-order valence-electron chi connectivity index (χ4n) is 0.417. The Bertz CT molecular complexity index is 51.0. The Morgan fingerprint density at radius 1 is 1.67 bits per heavy atom. The smallest absolute Gasteiger partial charge is 0.0915 e. The van der Waals surface area contributed by atoms with Crippen molar-refractivity contribution in [1.29, 1.82) is 0 Å². The summed E-state index contributed by atoms with van der Waals surface area (Å²) in [5, 5.41) is 0. The molecule has 0 saturated carbocycles. The van der Waals surface area contributed by atoms with Crippen LogP contribution in [0.2, 0.25) is 0 Å². The molecule has 6 heavy (non-hydrogen) atoms. The van der Waals surface area contributed by atoms with Crippen LogP contribution in [0.1, 0.15) is 13.8 Å². The summed E-state index contributed by atoms with van der Waals surface area (Å²) in [6, 6.07) is 0. The monoisotopic (exact) mass is 85.1 g/mol. The van der Waals surface area contributed by atoms with Crippen molar-refractivity contribution in [2.75, 3.05) is 6.61 Å². The van der Waals surface area contributed by atoms with Gasteiger partial charge in [0.25, 0.3) is 0 Å². The maximum atomic E-state index is 4.81. The Labute approximate surface area is 38.3 Å². The van der Waals surface area contributed by atoms with Gasteiger partial charge in [-0.05, 0) is 0 Å². The van der Waals surface area contributed by atoms with Crippen LogP contribution < -0.4 is 0 Å². The molecular weight excluding hydrogens is 76.1 g/mol. The van der Waals surface area contributed by atoms with Crippen LogP contribution in [0.4, 0.5) is 0 Å². The van der Waals surface area contributed by atoms with Gasteiger partial charge in [0.05, 0.1) is 13.2 Å². The van der Waals surface area contributed by atoms with E-state index < -0.39 is 0 Å². The number of hydrogen-bond acceptors (Lipinski definition) is 1. The minimum atomic E-state index is 0.375. The van der Waals surface area contributed by atoms with Gasteiger partial charge in [0, 0.05) is 5.41 Å². The van der Waals surface area contributed by atoms with E-state index in [0.29, 0.717) is 5.41 Å². The highest BCUT2D eigenvalue weighted by Gasteiger charge is 2.27. The van der Waals surface area contributed by atoms with E-state index in [1.54, 1.807) is 0 Å². The minimum absolute atomic E-state index is 0.375. The van der Waals surface area contributed by atoms with Crippen LogP contribution in [-0.4, -0.2) is 6.61 Å². The first-order valence-electron chi connectivity index (χ1n) is 2.17. The second-order valence-corrected chi connectivity index (χ2v) is 2.42. The normalized spacial score (nSPS) is 29.0. The molecule has 1 rings (SSSR count). The van der Waals surface area contributed by atoms with Crippen molar-refractivity contribution in [2.24, 2.45) is 5.41 Å². The number of hydrogen-bond donors (Lipinski definition) is 0. The van der Waals surface area contributed by atoms with Crippen molar-refractivity contribution in [1.82, 2.24) is 0 Å². The first kappa shape index (κ1) is 4.13. The van der Waals surface area contributed by atoms with Crippen molar-refractivity contribution in [3.63, 3.8) is 0 Å². The van der Waals surface area contributed by atoms with Gasteiger partial charge >= 0.3 is 0 Å². The maximum Gasteiger partial charge on any atom is 0.0915 e. The van der Waals surface area contributed by atoms with Crippen molar-refractivity contribution < 1.29 is 4.74 Å². The third-order valence-electron chi connectivity index (χ3n) is 0.858. The highest BCUT2D eigenvalue weighted by Crippen LogP contribution is 2.28. The Balaban J connectivity index is 2.31. The van der Waals surface area contributed by atoms with Gasteiger partial charge in [0.1, 0.15) is 0 Å². The minimum Gasteiger partial charge on any atom is -0.374 e. The zero-order chi connectivity index (χ0) is 4.62. The van der Waals surface area contributed by atoms with Crippen LogP contribution in [0.15, 0.2) is 0 Å². The molecule has 35 valence electrons. The lowest BCUT2D eigenvalue weighted by Crippen LogP contribution is -2.30. The first-order valence-corrected chi connectivity index (χ1v) is 2.17. The molecule has 0 spiro atoms. The molecule has 0 aromatic carbocycles. The van der Waals surface area contributed by atoms with Crippen LogP contribution >= 0.6 is 0 Å². The molecule has 0 aliphatic carbocycles. The molecule has 1 aliphatic heterocycles. The zero-order valence-corrected chi connectivity index (χ0v) is 4.19. The largest absolute Gasteiger partial charge is 0.374 e. The van der Waals surface area contributed by atoms with Crippen LogP contribution in [0.25, 0.3) is 0 Å². The summed E-state index contributed by atoms with van der Waals surface area (Å²) in [5.74, 6) is 0. The molecule has 1 saturated heterocycles. The summed E-state index contributed by atoms with van der Waals surface area (Å²) in [6.07, 6.45) is 0. The van der Waals surface area contributed by atoms with E-state index in [4.69, 9.17) is 4.74 Å². The molecule has 1 aliphatic rings. The third kappa shape index (κ3) is 0.548. The Hall–Kier alpha value is -0.0400. The van der Waals surface area contributed by atoms with Gasteiger partial charge in [-0.1, -0.05) is 13.8 Å². The van der Waals surface area contributed by atoms with E-state index in [1.165, 1.54) is 0 Å². The molecule has 1 heteroatoms. The van der Waals surface area contributed by atoms with Crippen molar-refractivity contribution in [2.45, 2.75) is 13.8 Å². The lowest BCUT2D eigenvalue weighted by molar-refractivity contribution is -0.0236. The molecule has 0 unspecified atom stereocenters. The maximum absolute atomic E-state index is 4.81. The van der Waals surface area contributed by atoms with Gasteiger partial charge in [-0.25, -0.2) is 0 Å². The molecule has 0 aromatic heterocycles. The molecule has 1 fully saturated rings. The molecule has 1 heterocycles. The van der Waals surface area contributed by atoms with Crippen LogP contribution in [-0.2, 0) is 4.74 Å². The SMILES string of the molecule is CC1(C)[CH]OC1. The predicted molar refractivity (Wildman–Crippen MR) is 24.0 cm³/mol. The van der Waals surface area contributed by atoms with Gasteiger partial charge in [0.15, 0.2) is 0 Å². The number of rotatable bonds is 0. The average Bonchev–Trinajstić information content (AvgIpc) is 1.32. The summed E-state index contributed by atoms with van der Waals surface area (Å²) in [6.45, 7) is 7.06. The van der Waals surface area contributed by atoms with Crippen LogP contribution in [0, 0.1) is 12.0 Å². The second-order valence-electron chi connectivity index (χ2n) is 2.42. The molecule has 0 bridgehead atoms. The fourth-order valence-corrected chi connectivity index (χ4v) is 0.417. The van der Waals surface area contributed by atoms with E-state index in [-0.39, 0.29) is 0 Å². The summed E-state index contributed by atoms with van der Waals surface area (Å²) < 4.78 is 4.81. The highest BCUT2D eigenvalue weighted by atomic mass is 16.5. The van der Waals surface area contributed by atoms with E-state index in [2.05, 4.69) is 13.8 Å². The molecular formula is C5H9O. The highest BCUT2D eigenvalue weighted by molar-refractivity contribution is 4.85. The standard InChI is InChI=1S/C5H9O/c1-5(2)3-6-4-5/h3H,4H2,1-2H3. The Morgan fingerprint density at radius 2 is 2.00 bits per heavy atom. The first-order chi connectivity index (χ1) is 2.71. The zero-order valence-electron chi connectivity index (χ0n) is 4.19. The summed E-state index contributed by atoms with van der Waals surface area (Å²) in [7, 11) is 0. The molecule has 0 atom stereocenters. The lowest BCUT2D eigenvalue weighted by atomic mass is 9.92. The molecule has 0 aromatic rings. The van der Waals surface area contributed by atoms with E-state index in [1.807, 2.05) is 6.61 Å². The lowest BCUT2D eigenvalue weighted by Gasteiger charge is -2.32. The van der Waals surface area contributed by atoms with E-state index in [9.17, 15) is 0 Å². The van der Waals surface area contributed by atoms with Gasteiger partial charge in [-0.15, -0.1) is 0 Å². The second kappa shape index (κ2) is 0.969. The van der Waals surface area contributed by atoms with Crippen LogP contribution in [0.3, 0.4) is 0 Å². The molecule has 1 radical (unpaired) electrons. The Kier molecular flexibility index (Phi) is 0.667. The average molecular weight is 85.1 g/mol. The Morgan fingerprint density at radius 3 is 2.00 bits per heavy atom. The predicted octanol–water partition coefficient (Wildman–Crippen LogP) is 1.20. The fraction of sp³-hybridized carbons (Fsp3) is 0.800. The van der Waals surface area contributed by atoms with E-state index in [0.717, 1.165) is 6.61 Å². The summed E-state index contributed by atoms with van der Waals surface area (Å²) in [4.78, 5) is 0. The molecule has 0 amide bonds. The van der Waals surface area contributed by atoms with Gasteiger partial charge in [-0.3, -0.25) is 0 Å². The van der Waals surface area contributed by atoms with Crippen molar-refractivity contribution in [3.8, 4) is 0 Å². The quantitative estimate of drug-likeness (QED) is 0.429. The van der Waals surface area contributed by atoms with Crippen molar-refractivity contribution >= 4 is 0 Å². The summed E-state index contributed by atoms with van der Waals surface area (Å²) in [5.41, 5.74) is 0.375. The van der Waals surface area contributed by atoms with Crippen LogP contribution in [0.5, 0.6) is 0 Å². The molecule has 0 N–H and O–H groups in total. The van der Waals surface area contributed by atoms with Gasteiger partial charge < -0.3 is 4.74 Å². The van der Waals surface area contributed by atoms with Gasteiger partial charge in [-0.2, -0.15) is 0 Å². The number of ether oxygens (including phenoxy) is 1. The molecule has 1 nitrogen and oxygen atoms in total. The summed E-state index contributed by atoms with van der Waals surface area (Å²) >= 11 is 0.